The lowest BCUT2D eigenvalue weighted by molar-refractivity contribution is -0.140. The van der Waals surface area contributed by atoms with Crippen molar-refractivity contribution < 1.29 is 28.9 Å². The molecular weight excluding hydrogens is 446 g/mol. The molecule has 1 amide bonds. The molecule has 7 nitrogen and oxygen atoms in total. The molecule has 0 saturated carbocycles. The van der Waals surface area contributed by atoms with Gasteiger partial charge in [0.05, 0.1) is 43.6 Å². The molecule has 1 heterocycles. The van der Waals surface area contributed by atoms with Crippen molar-refractivity contribution in [3.8, 4) is 11.5 Å². The van der Waals surface area contributed by atoms with Gasteiger partial charge in [0, 0.05) is 11.6 Å². The first kappa shape index (κ1) is 24.6. The summed E-state index contributed by atoms with van der Waals surface area (Å²) in [5, 5.41) is 11.6. The van der Waals surface area contributed by atoms with E-state index in [4.69, 9.17) is 25.8 Å². The highest BCUT2D eigenvalue weighted by Gasteiger charge is 2.46. The number of aliphatic hydroxyl groups is 1. The molecule has 1 fully saturated rings. The van der Waals surface area contributed by atoms with Crippen molar-refractivity contribution in [2.75, 3.05) is 26.9 Å². The lowest BCUT2D eigenvalue weighted by Crippen LogP contribution is -2.33. The highest BCUT2D eigenvalue weighted by molar-refractivity contribution is 6.46. The molecule has 176 valence electrons. The second-order valence-electron chi connectivity index (χ2n) is 7.76. The summed E-state index contributed by atoms with van der Waals surface area (Å²) < 4.78 is 16.5. The Hall–Kier alpha value is -3.03. The van der Waals surface area contributed by atoms with Gasteiger partial charge >= 0.3 is 0 Å². The average Bonchev–Trinajstić information content (AvgIpc) is 3.04. The van der Waals surface area contributed by atoms with Crippen LogP contribution in [0.4, 0.5) is 0 Å². The zero-order chi connectivity index (χ0) is 24.1. The number of aliphatic hydroxyl groups excluding tert-OH is 1. The van der Waals surface area contributed by atoms with Crippen LogP contribution in [-0.4, -0.2) is 54.7 Å². The molecule has 0 aliphatic carbocycles. The molecule has 1 saturated heterocycles. The van der Waals surface area contributed by atoms with Gasteiger partial charge in [0.2, 0.25) is 0 Å². The standard InChI is InChI=1S/C25H28ClNO6/c1-5-32-18-9-6-16(7-10-18)22-21(23(28)19-14-17(26)8-11-20(19)31-4)24(29)25(30)27(22)12-13-33-15(2)3/h6-11,14-15,22,28H,5,12-13H2,1-4H3/b23-21+. The van der Waals surface area contributed by atoms with Crippen molar-refractivity contribution in [2.24, 2.45) is 0 Å². The lowest BCUT2D eigenvalue weighted by atomic mass is 9.95. The van der Waals surface area contributed by atoms with Gasteiger partial charge in [-0.1, -0.05) is 23.7 Å². The van der Waals surface area contributed by atoms with Gasteiger partial charge in [-0.2, -0.15) is 0 Å². The fourth-order valence-corrected chi connectivity index (χ4v) is 3.94. The number of ketones is 1. The van der Waals surface area contributed by atoms with E-state index in [-0.39, 0.29) is 36.2 Å². The highest BCUT2D eigenvalue weighted by Crippen LogP contribution is 2.41. The van der Waals surface area contributed by atoms with E-state index < -0.39 is 17.7 Å². The maximum atomic E-state index is 13.1. The second kappa shape index (κ2) is 10.7. The van der Waals surface area contributed by atoms with Gasteiger partial charge < -0.3 is 24.2 Å². The largest absolute Gasteiger partial charge is 0.507 e. The summed E-state index contributed by atoms with van der Waals surface area (Å²) in [6.07, 6.45) is -0.0264. The maximum absolute atomic E-state index is 13.1. The molecule has 1 N–H and O–H groups in total. The van der Waals surface area contributed by atoms with Crippen molar-refractivity contribution in [1.82, 2.24) is 4.90 Å². The predicted octanol–water partition coefficient (Wildman–Crippen LogP) is 4.59. The fourth-order valence-electron chi connectivity index (χ4n) is 3.77. The molecule has 0 radical (unpaired) electrons. The van der Waals surface area contributed by atoms with Gasteiger partial charge in [-0.25, -0.2) is 0 Å². The van der Waals surface area contributed by atoms with Crippen LogP contribution in [0.2, 0.25) is 5.02 Å². The summed E-state index contributed by atoms with van der Waals surface area (Å²) in [6.45, 7) is 6.62. The first-order valence-electron chi connectivity index (χ1n) is 10.7. The molecule has 3 rings (SSSR count). The van der Waals surface area contributed by atoms with Gasteiger partial charge in [0.15, 0.2) is 0 Å². The van der Waals surface area contributed by atoms with E-state index in [2.05, 4.69) is 0 Å². The van der Waals surface area contributed by atoms with E-state index >= 15 is 0 Å². The minimum Gasteiger partial charge on any atom is -0.507 e. The van der Waals surface area contributed by atoms with Crippen molar-refractivity contribution in [2.45, 2.75) is 32.9 Å². The Morgan fingerprint density at radius 2 is 1.85 bits per heavy atom. The number of rotatable bonds is 9. The van der Waals surface area contributed by atoms with E-state index in [0.29, 0.717) is 28.7 Å². The van der Waals surface area contributed by atoms with Crippen LogP contribution in [0.1, 0.15) is 37.9 Å². The Bertz CT molecular complexity index is 1050. The van der Waals surface area contributed by atoms with E-state index in [1.54, 1.807) is 36.4 Å². The number of hydrogen-bond donors (Lipinski definition) is 1. The van der Waals surface area contributed by atoms with Crippen LogP contribution < -0.4 is 9.47 Å². The van der Waals surface area contributed by atoms with E-state index in [0.717, 1.165) is 0 Å². The molecule has 1 aliphatic heterocycles. The second-order valence-corrected chi connectivity index (χ2v) is 8.20. The summed E-state index contributed by atoms with van der Waals surface area (Å²) in [7, 11) is 1.45. The number of amides is 1. The van der Waals surface area contributed by atoms with Crippen molar-refractivity contribution in [3.63, 3.8) is 0 Å². The van der Waals surface area contributed by atoms with Crippen LogP contribution in [0.25, 0.3) is 5.76 Å². The van der Waals surface area contributed by atoms with E-state index in [1.807, 2.05) is 20.8 Å². The molecule has 0 spiro atoms. The predicted molar refractivity (Wildman–Crippen MR) is 126 cm³/mol. The van der Waals surface area contributed by atoms with Gasteiger partial charge in [-0.05, 0) is 56.7 Å². The monoisotopic (exact) mass is 473 g/mol. The number of carbonyl (C=O) groups excluding carboxylic acids is 2. The molecule has 2 aromatic carbocycles. The van der Waals surface area contributed by atoms with Gasteiger partial charge in [-0.3, -0.25) is 9.59 Å². The third kappa shape index (κ3) is 5.31. The smallest absolute Gasteiger partial charge is 0.295 e. The van der Waals surface area contributed by atoms with E-state index in [1.165, 1.54) is 18.1 Å². The van der Waals surface area contributed by atoms with Crippen LogP contribution >= 0.6 is 11.6 Å². The topological polar surface area (TPSA) is 85.3 Å². The fraction of sp³-hybridized carbons (Fsp3) is 0.360. The minimum atomic E-state index is -0.805. The van der Waals surface area contributed by atoms with Crippen molar-refractivity contribution >= 4 is 29.1 Å². The number of likely N-dealkylation sites (tertiary alicyclic amines) is 1. The summed E-state index contributed by atoms with van der Waals surface area (Å²) in [4.78, 5) is 27.5. The maximum Gasteiger partial charge on any atom is 0.295 e. The van der Waals surface area contributed by atoms with Gasteiger partial charge in [0.25, 0.3) is 11.7 Å². The summed E-state index contributed by atoms with van der Waals surface area (Å²) >= 11 is 6.13. The Kier molecular flexibility index (Phi) is 8.00. The third-order valence-corrected chi connectivity index (χ3v) is 5.48. The lowest BCUT2D eigenvalue weighted by Gasteiger charge is -2.26. The van der Waals surface area contributed by atoms with Crippen LogP contribution in [0.3, 0.4) is 0 Å². The first-order chi connectivity index (χ1) is 15.8. The SMILES string of the molecule is CCOc1ccc(C2/C(=C(\O)c3cc(Cl)ccc3OC)C(=O)C(=O)N2CCOC(C)C)cc1. The Labute approximate surface area is 198 Å². The van der Waals surface area contributed by atoms with E-state index in [9.17, 15) is 14.7 Å². The molecule has 1 unspecified atom stereocenters. The number of methoxy groups -OCH3 is 1. The number of carbonyl (C=O) groups is 2. The summed E-state index contributed by atoms with van der Waals surface area (Å²) in [5.74, 6) is -0.838. The molecule has 1 aliphatic rings. The molecule has 0 aromatic heterocycles. The highest BCUT2D eigenvalue weighted by atomic mass is 35.5. The van der Waals surface area contributed by atoms with Crippen LogP contribution in [0, 0.1) is 0 Å². The van der Waals surface area contributed by atoms with Crippen molar-refractivity contribution in [1.29, 1.82) is 0 Å². The van der Waals surface area contributed by atoms with Gasteiger partial charge in [0.1, 0.15) is 17.3 Å². The first-order valence-corrected chi connectivity index (χ1v) is 11.1. The Balaban J connectivity index is 2.13. The number of hydrogen-bond acceptors (Lipinski definition) is 6. The molecule has 1 atom stereocenters. The number of benzene rings is 2. The van der Waals surface area contributed by atoms with Gasteiger partial charge in [-0.15, -0.1) is 0 Å². The Morgan fingerprint density at radius 3 is 2.45 bits per heavy atom. The zero-order valence-electron chi connectivity index (χ0n) is 19.1. The summed E-state index contributed by atoms with van der Waals surface area (Å²) in [5.41, 5.74) is 0.858. The average molecular weight is 474 g/mol. The molecule has 2 aromatic rings. The van der Waals surface area contributed by atoms with Crippen LogP contribution in [-0.2, 0) is 14.3 Å². The minimum absolute atomic E-state index is 0.0264. The van der Waals surface area contributed by atoms with Crippen LogP contribution in [0.5, 0.6) is 11.5 Å². The molecular formula is C25H28ClNO6. The molecule has 0 bridgehead atoms. The number of nitrogens with zero attached hydrogens (tertiary/aromatic N) is 1. The quantitative estimate of drug-likeness (QED) is 0.325. The van der Waals surface area contributed by atoms with Crippen molar-refractivity contribution in [3.05, 3.63) is 64.2 Å². The number of ether oxygens (including phenoxy) is 3. The van der Waals surface area contributed by atoms with Crippen LogP contribution in [0.15, 0.2) is 48.0 Å². The number of Topliss-reactive ketones (excluding diaryl/α,β-unsaturated/α-hetero) is 1. The third-order valence-electron chi connectivity index (χ3n) is 5.25. The normalized spacial score (nSPS) is 17.6. The molecule has 8 heteroatoms. The molecule has 33 heavy (non-hydrogen) atoms. The Morgan fingerprint density at radius 1 is 1.15 bits per heavy atom. The zero-order valence-corrected chi connectivity index (χ0v) is 19.9. The number of halogens is 1. The summed E-state index contributed by atoms with van der Waals surface area (Å²) in [6, 6.07) is 11.0.